The fraction of sp³-hybridized carbons (Fsp3) is 0.421. The Bertz CT molecular complexity index is 874. The number of nitrogens with zero attached hydrogens (tertiary/aromatic N) is 1. The minimum absolute atomic E-state index is 0.0391. The van der Waals surface area contributed by atoms with Crippen LogP contribution >= 0.6 is 22.9 Å². The molecule has 130 valence electrons. The first-order chi connectivity index (χ1) is 11.8. The number of benzene rings is 1. The lowest BCUT2D eigenvalue weighted by molar-refractivity contribution is -0.117. The van der Waals surface area contributed by atoms with Crippen molar-refractivity contribution in [3.05, 3.63) is 45.4 Å². The van der Waals surface area contributed by atoms with Gasteiger partial charge >= 0.3 is 0 Å². The Morgan fingerprint density at radius 3 is 2.84 bits per heavy atom. The van der Waals surface area contributed by atoms with Crippen LogP contribution in [-0.2, 0) is 11.2 Å². The van der Waals surface area contributed by atoms with Crippen LogP contribution in [-0.4, -0.2) is 16.7 Å². The molecule has 2 aliphatic rings. The van der Waals surface area contributed by atoms with Crippen molar-refractivity contribution in [2.24, 2.45) is 11.3 Å². The minimum Gasteiger partial charge on any atom is -0.302 e. The van der Waals surface area contributed by atoms with E-state index in [1.807, 2.05) is 24.3 Å². The molecule has 6 heteroatoms. The molecular weight excluding hydrogens is 356 g/mol. The van der Waals surface area contributed by atoms with Crippen LogP contribution in [0.3, 0.4) is 0 Å². The Morgan fingerprint density at radius 2 is 2.08 bits per heavy atom. The second-order valence-corrected chi connectivity index (χ2v) is 9.10. The summed E-state index contributed by atoms with van der Waals surface area (Å²) in [6, 6.07) is 7.66. The van der Waals surface area contributed by atoms with Crippen LogP contribution in [0, 0.1) is 11.3 Å². The van der Waals surface area contributed by atoms with Crippen molar-refractivity contribution in [1.82, 2.24) is 4.98 Å². The maximum Gasteiger partial charge on any atom is 0.229 e. The first-order valence-electron chi connectivity index (χ1n) is 8.42. The third kappa shape index (κ3) is 3.23. The van der Waals surface area contributed by atoms with Gasteiger partial charge in [0.05, 0.1) is 10.6 Å². The lowest BCUT2D eigenvalue weighted by Gasteiger charge is -2.26. The summed E-state index contributed by atoms with van der Waals surface area (Å²) in [5.74, 6) is 0.184. The minimum atomic E-state index is -0.0760. The standard InChI is InChI=1S/C19H19ClN2O2S/c1-19(2)8-14-16(15(23)9-19)25-18(21-14)22-17(24)12-7-11(12)10-5-3-4-6-13(10)20/h3-6,11-12H,7-9H2,1-2H3,(H,21,22,24). The van der Waals surface area contributed by atoms with Crippen LogP contribution in [0.4, 0.5) is 5.13 Å². The number of hydrogen-bond acceptors (Lipinski definition) is 4. The highest BCUT2D eigenvalue weighted by atomic mass is 35.5. The molecule has 4 nitrogen and oxygen atoms in total. The smallest absolute Gasteiger partial charge is 0.229 e. The highest BCUT2D eigenvalue weighted by Crippen LogP contribution is 2.50. The van der Waals surface area contributed by atoms with E-state index in [2.05, 4.69) is 24.1 Å². The normalized spacial score (nSPS) is 23.9. The van der Waals surface area contributed by atoms with Crippen LogP contribution in [0.5, 0.6) is 0 Å². The number of nitrogens with one attached hydrogen (secondary N) is 1. The Labute approximate surface area is 155 Å². The fourth-order valence-corrected chi connectivity index (χ4v) is 4.77. The van der Waals surface area contributed by atoms with E-state index < -0.39 is 0 Å². The molecule has 1 aromatic carbocycles. The van der Waals surface area contributed by atoms with Gasteiger partial charge in [0.2, 0.25) is 5.91 Å². The maximum atomic E-state index is 12.5. The number of fused-ring (bicyclic) bond motifs is 1. The van der Waals surface area contributed by atoms with E-state index >= 15 is 0 Å². The third-order valence-corrected chi connectivity index (χ3v) is 6.30. The number of halogens is 1. The van der Waals surface area contributed by atoms with Gasteiger partial charge in [0.15, 0.2) is 10.9 Å². The van der Waals surface area contributed by atoms with Crippen molar-refractivity contribution in [2.75, 3.05) is 5.32 Å². The number of anilines is 1. The lowest BCUT2D eigenvalue weighted by Crippen LogP contribution is -2.26. The first-order valence-corrected chi connectivity index (χ1v) is 9.62. The largest absolute Gasteiger partial charge is 0.302 e. The zero-order valence-corrected chi connectivity index (χ0v) is 15.7. The predicted molar refractivity (Wildman–Crippen MR) is 99.5 cm³/mol. The van der Waals surface area contributed by atoms with Crippen LogP contribution in [0.1, 0.15) is 53.5 Å². The lowest BCUT2D eigenvalue weighted by atomic mass is 9.78. The van der Waals surface area contributed by atoms with Crippen LogP contribution < -0.4 is 5.32 Å². The highest BCUT2D eigenvalue weighted by Gasteiger charge is 2.45. The number of rotatable bonds is 3. The van der Waals surface area contributed by atoms with Gasteiger partial charge in [-0.15, -0.1) is 0 Å². The van der Waals surface area contributed by atoms with E-state index in [-0.39, 0.29) is 28.9 Å². The molecule has 25 heavy (non-hydrogen) atoms. The van der Waals surface area contributed by atoms with Gasteiger partial charge in [-0.2, -0.15) is 0 Å². The fourth-order valence-electron chi connectivity index (χ4n) is 3.58. The number of aromatic nitrogens is 1. The zero-order valence-electron chi connectivity index (χ0n) is 14.1. The van der Waals surface area contributed by atoms with E-state index in [9.17, 15) is 9.59 Å². The van der Waals surface area contributed by atoms with Crippen LogP contribution in [0.25, 0.3) is 0 Å². The number of Topliss-reactive ketones (excluding diaryl/α,β-unsaturated/α-hetero) is 1. The van der Waals surface area contributed by atoms with Crippen molar-refractivity contribution in [1.29, 1.82) is 0 Å². The Balaban J connectivity index is 1.47. The number of ketones is 1. The van der Waals surface area contributed by atoms with Gasteiger partial charge in [-0.25, -0.2) is 4.98 Å². The quantitative estimate of drug-likeness (QED) is 0.847. The van der Waals surface area contributed by atoms with Crippen molar-refractivity contribution < 1.29 is 9.59 Å². The van der Waals surface area contributed by atoms with Gasteiger partial charge in [-0.05, 0) is 35.8 Å². The third-order valence-electron chi connectivity index (χ3n) is 4.90. The Kier molecular flexibility index (Phi) is 3.96. The van der Waals surface area contributed by atoms with Gasteiger partial charge < -0.3 is 5.32 Å². The summed E-state index contributed by atoms with van der Waals surface area (Å²) in [5, 5.41) is 4.14. The van der Waals surface area contributed by atoms with Crippen molar-refractivity contribution >= 4 is 39.8 Å². The molecule has 2 aliphatic carbocycles. The van der Waals surface area contributed by atoms with Gasteiger partial charge in [0, 0.05) is 17.4 Å². The van der Waals surface area contributed by atoms with Gasteiger partial charge in [-0.1, -0.05) is 55.0 Å². The Hall–Kier alpha value is -1.72. The molecule has 0 saturated heterocycles. The molecule has 1 saturated carbocycles. The van der Waals surface area contributed by atoms with Crippen molar-refractivity contribution in [3.8, 4) is 0 Å². The van der Waals surface area contributed by atoms with Crippen molar-refractivity contribution in [3.63, 3.8) is 0 Å². The van der Waals surface area contributed by atoms with Crippen LogP contribution in [0.2, 0.25) is 5.02 Å². The molecule has 2 atom stereocenters. The SMILES string of the molecule is CC1(C)CC(=O)c2sc(NC(=O)C3CC3c3ccccc3Cl)nc2C1. The van der Waals surface area contributed by atoms with Gasteiger partial charge in [-0.3, -0.25) is 9.59 Å². The summed E-state index contributed by atoms with van der Waals surface area (Å²) in [6.45, 7) is 4.15. The molecule has 1 aromatic heterocycles. The molecule has 1 N–H and O–H groups in total. The number of hydrogen-bond donors (Lipinski definition) is 1. The van der Waals surface area contributed by atoms with E-state index in [0.29, 0.717) is 21.5 Å². The summed E-state index contributed by atoms with van der Waals surface area (Å²) < 4.78 is 0. The molecule has 2 unspecified atom stereocenters. The summed E-state index contributed by atoms with van der Waals surface area (Å²) in [6.07, 6.45) is 2.10. The molecular formula is C19H19ClN2O2S. The maximum absolute atomic E-state index is 12.5. The molecule has 0 spiro atoms. The molecule has 4 rings (SSSR count). The van der Waals surface area contributed by atoms with Crippen LogP contribution in [0.15, 0.2) is 24.3 Å². The monoisotopic (exact) mass is 374 g/mol. The highest BCUT2D eigenvalue weighted by molar-refractivity contribution is 7.17. The number of carbonyl (C=O) groups excluding carboxylic acids is 2. The zero-order chi connectivity index (χ0) is 17.8. The first kappa shape index (κ1) is 16.7. The average Bonchev–Trinajstić information content (AvgIpc) is 3.22. The molecule has 0 bridgehead atoms. The average molecular weight is 375 g/mol. The van der Waals surface area contributed by atoms with E-state index in [4.69, 9.17) is 11.6 Å². The van der Waals surface area contributed by atoms with Gasteiger partial charge in [0.1, 0.15) is 0 Å². The van der Waals surface area contributed by atoms with Gasteiger partial charge in [0.25, 0.3) is 0 Å². The second kappa shape index (κ2) is 5.92. The molecule has 0 radical (unpaired) electrons. The summed E-state index contributed by atoms with van der Waals surface area (Å²) in [5.41, 5.74) is 1.78. The topological polar surface area (TPSA) is 59.1 Å². The van der Waals surface area contributed by atoms with Crippen molar-refractivity contribution in [2.45, 2.75) is 39.0 Å². The Morgan fingerprint density at radius 1 is 1.32 bits per heavy atom. The molecule has 0 aliphatic heterocycles. The molecule has 1 amide bonds. The van der Waals surface area contributed by atoms with E-state index in [1.54, 1.807) is 0 Å². The predicted octanol–water partition coefficient (Wildman–Crippen LogP) is 4.69. The molecule has 1 heterocycles. The molecule has 1 fully saturated rings. The summed E-state index contributed by atoms with van der Waals surface area (Å²) in [7, 11) is 0. The second-order valence-electron chi connectivity index (χ2n) is 7.70. The summed E-state index contributed by atoms with van der Waals surface area (Å²) in [4.78, 5) is 30.0. The van der Waals surface area contributed by atoms with E-state index in [1.165, 1.54) is 11.3 Å². The number of thiazole rings is 1. The molecule has 2 aromatic rings. The van der Waals surface area contributed by atoms with E-state index in [0.717, 1.165) is 24.1 Å². The summed E-state index contributed by atoms with van der Waals surface area (Å²) >= 11 is 7.52. The number of amides is 1. The number of carbonyl (C=O) groups is 2.